The fourth-order valence-corrected chi connectivity index (χ4v) is 3.36. The van der Waals surface area contributed by atoms with Crippen molar-refractivity contribution >= 4 is 17.7 Å². The number of likely N-dealkylation sites (tertiary alicyclic amines) is 1. The largest absolute Gasteiger partial charge is 0.350 e. The van der Waals surface area contributed by atoms with Gasteiger partial charge in [-0.3, -0.25) is 24.2 Å². The molecular formula is C16H27N3O3. The van der Waals surface area contributed by atoms with Crippen molar-refractivity contribution in [2.75, 3.05) is 20.3 Å². The lowest BCUT2D eigenvalue weighted by atomic mass is 9.81. The fourth-order valence-electron chi connectivity index (χ4n) is 3.36. The molecule has 0 spiro atoms. The third kappa shape index (κ3) is 3.85. The second kappa shape index (κ2) is 6.36. The molecule has 2 rings (SSSR count). The number of imide groups is 1. The van der Waals surface area contributed by atoms with E-state index < -0.39 is 0 Å². The minimum atomic E-state index is -0.286. The van der Waals surface area contributed by atoms with Crippen LogP contribution in [0.1, 0.15) is 46.5 Å². The number of fused-ring (bicyclic) bond motifs is 1. The maximum Gasteiger partial charge on any atom is 0.234 e. The molecule has 1 N–H and O–H groups in total. The zero-order valence-electron chi connectivity index (χ0n) is 14.0. The molecule has 22 heavy (non-hydrogen) atoms. The third-order valence-corrected chi connectivity index (χ3v) is 4.24. The van der Waals surface area contributed by atoms with Crippen molar-refractivity contribution in [2.45, 2.75) is 52.0 Å². The molecule has 6 nitrogen and oxygen atoms in total. The number of hydrogen-bond acceptors (Lipinski definition) is 4. The number of carbonyl (C=O) groups is 3. The molecule has 0 radical (unpaired) electrons. The van der Waals surface area contributed by atoms with Crippen LogP contribution < -0.4 is 5.32 Å². The van der Waals surface area contributed by atoms with E-state index >= 15 is 0 Å². The summed E-state index contributed by atoms with van der Waals surface area (Å²) in [4.78, 5) is 39.7. The average molecular weight is 309 g/mol. The van der Waals surface area contributed by atoms with Gasteiger partial charge in [-0.05, 0) is 40.7 Å². The number of carbonyl (C=O) groups excluding carboxylic acids is 3. The normalized spacial score (nSPS) is 25.6. The van der Waals surface area contributed by atoms with E-state index in [1.54, 1.807) is 11.9 Å². The van der Waals surface area contributed by atoms with Gasteiger partial charge >= 0.3 is 0 Å². The van der Waals surface area contributed by atoms with Gasteiger partial charge in [0.15, 0.2) is 0 Å². The number of nitrogens with one attached hydrogen (secondary N) is 1. The van der Waals surface area contributed by atoms with Gasteiger partial charge in [-0.25, -0.2) is 0 Å². The van der Waals surface area contributed by atoms with Crippen LogP contribution in [-0.2, 0) is 14.4 Å². The first kappa shape index (κ1) is 16.9. The monoisotopic (exact) mass is 309 g/mol. The van der Waals surface area contributed by atoms with Crippen LogP contribution in [0.5, 0.6) is 0 Å². The van der Waals surface area contributed by atoms with Crippen LogP contribution in [0.2, 0.25) is 0 Å². The Labute approximate surface area is 132 Å². The molecule has 3 amide bonds. The number of nitrogens with zero attached hydrogens (tertiary/aromatic N) is 2. The van der Waals surface area contributed by atoms with Crippen molar-refractivity contribution in [3.8, 4) is 0 Å². The predicted molar refractivity (Wildman–Crippen MR) is 82.7 cm³/mol. The molecule has 0 aromatic carbocycles. The quantitative estimate of drug-likeness (QED) is 0.786. The summed E-state index contributed by atoms with van der Waals surface area (Å²) in [5.41, 5.74) is -0.286. The second-order valence-corrected chi connectivity index (χ2v) is 7.56. The van der Waals surface area contributed by atoms with E-state index in [4.69, 9.17) is 0 Å². The molecule has 124 valence electrons. The molecule has 1 heterocycles. The number of rotatable bonds is 4. The maximum atomic E-state index is 12.4. The molecule has 0 bridgehead atoms. The Kier molecular flexibility index (Phi) is 4.90. The summed E-state index contributed by atoms with van der Waals surface area (Å²) in [6.45, 7) is 6.13. The zero-order chi connectivity index (χ0) is 16.5. The van der Waals surface area contributed by atoms with Gasteiger partial charge in [0.1, 0.15) is 0 Å². The minimum Gasteiger partial charge on any atom is -0.350 e. The second-order valence-electron chi connectivity index (χ2n) is 7.56. The smallest absolute Gasteiger partial charge is 0.234 e. The van der Waals surface area contributed by atoms with Gasteiger partial charge in [0, 0.05) is 5.54 Å². The van der Waals surface area contributed by atoms with E-state index in [1.807, 2.05) is 20.8 Å². The summed E-state index contributed by atoms with van der Waals surface area (Å²) in [5, 5.41) is 2.88. The first-order valence-electron chi connectivity index (χ1n) is 8.04. The molecule has 2 fully saturated rings. The average Bonchev–Trinajstić information content (AvgIpc) is 2.62. The summed E-state index contributed by atoms with van der Waals surface area (Å²) >= 11 is 0. The molecule has 1 saturated heterocycles. The molecule has 2 aliphatic rings. The van der Waals surface area contributed by atoms with E-state index in [0.717, 1.165) is 25.7 Å². The summed E-state index contributed by atoms with van der Waals surface area (Å²) in [6, 6.07) is 0. The lowest BCUT2D eigenvalue weighted by Gasteiger charge is -2.25. The number of amides is 3. The van der Waals surface area contributed by atoms with Gasteiger partial charge in [0.25, 0.3) is 0 Å². The van der Waals surface area contributed by atoms with Gasteiger partial charge in [0.2, 0.25) is 17.7 Å². The Bertz CT molecular complexity index is 446. The SMILES string of the molecule is CN(CC(=O)NC(C)(C)C)CN1C(=O)[C@H]2CCCC[C@@H]2C1=O. The third-order valence-electron chi connectivity index (χ3n) is 4.24. The van der Waals surface area contributed by atoms with Crippen molar-refractivity contribution in [3.63, 3.8) is 0 Å². The Balaban J connectivity index is 1.91. The predicted octanol–water partition coefficient (Wildman–Crippen LogP) is 0.966. The molecule has 0 aromatic rings. The van der Waals surface area contributed by atoms with Crippen molar-refractivity contribution in [3.05, 3.63) is 0 Å². The highest BCUT2D eigenvalue weighted by molar-refractivity contribution is 6.05. The lowest BCUT2D eigenvalue weighted by molar-refractivity contribution is -0.143. The van der Waals surface area contributed by atoms with Gasteiger partial charge in [-0.1, -0.05) is 12.8 Å². The maximum absolute atomic E-state index is 12.4. The molecule has 1 aliphatic carbocycles. The van der Waals surface area contributed by atoms with Crippen molar-refractivity contribution in [1.82, 2.24) is 15.1 Å². The number of hydrogen-bond donors (Lipinski definition) is 1. The summed E-state index contributed by atoms with van der Waals surface area (Å²) in [7, 11) is 1.75. The zero-order valence-corrected chi connectivity index (χ0v) is 14.0. The standard InChI is InChI=1S/C16H27N3O3/c1-16(2,3)17-13(20)9-18(4)10-19-14(21)11-7-5-6-8-12(11)15(19)22/h11-12H,5-10H2,1-4H3,(H,17,20)/t11-,12-/m0/s1. The van der Waals surface area contributed by atoms with Gasteiger partial charge in [-0.15, -0.1) is 0 Å². The molecule has 2 atom stereocenters. The van der Waals surface area contributed by atoms with Crippen LogP contribution in [0, 0.1) is 11.8 Å². The Hall–Kier alpha value is -1.43. The first-order valence-corrected chi connectivity index (χ1v) is 8.04. The highest BCUT2D eigenvalue weighted by atomic mass is 16.2. The molecule has 1 aliphatic heterocycles. The van der Waals surface area contributed by atoms with Crippen LogP contribution in [-0.4, -0.2) is 53.3 Å². The van der Waals surface area contributed by atoms with E-state index in [9.17, 15) is 14.4 Å². The first-order chi connectivity index (χ1) is 10.2. The van der Waals surface area contributed by atoms with Crippen LogP contribution in [0.25, 0.3) is 0 Å². The van der Waals surface area contributed by atoms with Crippen molar-refractivity contribution in [2.24, 2.45) is 11.8 Å². The highest BCUT2D eigenvalue weighted by Gasteiger charge is 2.48. The van der Waals surface area contributed by atoms with E-state index in [-0.39, 0.29) is 48.3 Å². The van der Waals surface area contributed by atoms with Crippen molar-refractivity contribution in [1.29, 1.82) is 0 Å². The van der Waals surface area contributed by atoms with Gasteiger partial charge in [0.05, 0.1) is 25.0 Å². The summed E-state index contributed by atoms with van der Waals surface area (Å²) in [5.74, 6) is -0.474. The molecule has 0 aromatic heterocycles. The Morgan fingerprint density at radius 3 is 2.14 bits per heavy atom. The molecule has 0 unspecified atom stereocenters. The van der Waals surface area contributed by atoms with Gasteiger partial charge in [-0.2, -0.15) is 0 Å². The summed E-state index contributed by atoms with van der Waals surface area (Å²) < 4.78 is 0. The van der Waals surface area contributed by atoms with Gasteiger partial charge < -0.3 is 5.32 Å². The molecule has 1 saturated carbocycles. The Morgan fingerprint density at radius 1 is 1.18 bits per heavy atom. The van der Waals surface area contributed by atoms with Crippen LogP contribution in [0.15, 0.2) is 0 Å². The van der Waals surface area contributed by atoms with E-state index in [2.05, 4.69) is 5.32 Å². The minimum absolute atomic E-state index is 0.0576. The molecular weight excluding hydrogens is 282 g/mol. The number of likely N-dealkylation sites (N-methyl/N-ethyl adjacent to an activating group) is 1. The molecule has 6 heteroatoms. The van der Waals surface area contributed by atoms with Crippen LogP contribution in [0.3, 0.4) is 0 Å². The van der Waals surface area contributed by atoms with E-state index in [1.165, 1.54) is 4.90 Å². The Morgan fingerprint density at radius 2 is 1.68 bits per heavy atom. The lowest BCUT2D eigenvalue weighted by Crippen LogP contribution is -2.48. The fraction of sp³-hybridized carbons (Fsp3) is 0.812. The summed E-state index contributed by atoms with van der Waals surface area (Å²) in [6.07, 6.45) is 3.69. The highest BCUT2D eigenvalue weighted by Crippen LogP contribution is 2.37. The van der Waals surface area contributed by atoms with E-state index in [0.29, 0.717) is 0 Å². The topological polar surface area (TPSA) is 69.7 Å². The van der Waals surface area contributed by atoms with Crippen LogP contribution >= 0.6 is 0 Å². The van der Waals surface area contributed by atoms with Crippen LogP contribution in [0.4, 0.5) is 0 Å². The van der Waals surface area contributed by atoms with Crippen molar-refractivity contribution < 1.29 is 14.4 Å².